The number of H-pyrrole nitrogens is 1. The van der Waals surface area contributed by atoms with Crippen LogP contribution in [0.2, 0.25) is 0 Å². The number of nitrogens with zero attached hydrogens (tertiary/aromatic N) is 2. The highest BCUT2D eigenvalue weighted by Crippen LogP contribution is 2.15. The van der Waals surface area contributed by atoms with Crippen LogP contribution < -0.4 is 11.0 Å². The molecule has 0 aromatic carbocycles. The van der Waals surface area contributed by atoms with E-state index >= 15 is 0 Å². The van der Waals surface area contributed by atoms with E-state index in [-0.39, 0.29) is 24.2 Å². The maximum atomic E-state index is 12.2. The number of hydrogen-bond acceptors (Lipinski definition) is 5. The monoisotopic (exact) mass is 336 g/mol. The van der Waals surface area contributed by atoms with E-state index in [0.29, 0.717) is 25.4 Å². The summed E-state index contributed by atoms with van der Waals surface area (Å²) in [6.45, 7) is 6.37. The molecule has 2 heterocycles. The molecule has 0 spiro atoms. The molecular weight excluding hydrogens is 308 g/mol. The number of carbonyl (C=O) groups is 1. The van der Waals surface area contributed by atoms with Gasteiger partial charge in [0.2, 0.25) is 0 Å². The van der Waals surface area contributed by atoms with Gasteiger partial charge < -0.3 is 15.4 Å². The van der Waals surface area contributed by atoms with Gasteiger partial charge in [-0.2, -0.15) is 4.98 Å². The van der Waals surface area contributed by atoms with E-state index < -0.39 is 5.69 Å². The molecule has 0 radical (unpaired) electrons. The molecule has 134 valence electrons. The number of amides is 1. The zero-order valence-corrected chi connectivity index (χ0v) is 14.5. The number of aliphatic hydroxyl groups is 1. The highest BCUT2D eigenvalue weighted by molar-refractivity contribution is 5.92. The molecule has 3 N–H and O–H groups in total. The number of aromatic nitrogens is 2. The van der Waals surface area contributed by atoms with Crippen molar-refractivity contribution in [2.45, 2.75) is 45.6 Å². The molecule has 7 heteroatoms. The van der Waals surface area contributed by atoms with E-state index in [1.54, 1.807) is 6.07 Å². The van der Waals surface area contributed by atoms with Crippen LogP contribution in [-0.2, 0) is 6.42 Å². The third-order valence-electron chi connectivity index (χ3n) is 4.31. The van der Waals surface area contributed by atoms with Crippen LogP contribution in [0.25, 0.3) is 0 Å². The summed E-state index contributed by atoms with van der Waals surface area (Å²) in [7, 11) is 0. The summed E-state index contributed by atoms with van der Waals surface area (Å²) in [5, 5.41) is 12.2. The van der Waals surface area contributed by atoms with Gasteiger partial charge in [0.1, 0.15) is 5.69 Å². The van der Waals surface area contributed by atoms with E-state index in [1.807, 2.05) is 0 Å². The van der Waals surface area contributed by atoms with Crippen molar-refractivity contribution in [2.24, 2.45) is 5.92 Å². The molecule has 1 fully saturated rings. The average Bonchev–Trinajstić information content (AvgIpc) is 2.54. The van der Waals surface area contributed by atoms with Crippen molar-refractivity contribution in [3.63, 3.8) is 0 Å². The first-order valence-corrected chi connectivity index (χ1v) is 8.73. The van der Waals surface area contributed by atoms with Crippen molar-refractivity contribution >= 4 is 5.91 Å². The number of hydrogen-bond donors (Lipinski definition) is 3. The first kappa shape index (κ1) is 18.6. The normalized spacial score (nSPS) is 18.8. The van der Waals surface area contributed by atoms with E-state index in [0.717, 1.165) is 31.5 Å². The minimum atomic E-state index is -0.491. The molecule has 24 heavy (non-hydrogen) atoms. The van der Waals surface area contributed by atoms with Gasteiger partial charge >= 0.3 is 5.69 Å². The third-order valence-corrected chi connectivity index (χ3v) is 4.31. The summed E-state index contributed by atoms with van der Waals surface area (Å²) in [4.78, 5) is 32.5. The Bertz CT molecular complexity index is 600. The van der Waals surface area contributed by atoms with Crippen LogP contribution in [0.15, 0.2) is 10.9 Å². The SMILES string of the molecule is CC(C)Cc1cc(C(=O)NCCN2CCCCC2CO)nc(=O)[nH]1. The van der Waals surface area contributed by atoms with Crippen LogP contribution in [0, 0.1) is 5.92 Å². The van der Waals surface area contributed by atoms with Gasteiger partial charge in [0.15, 0.2) is 0 Å². The average molecular weight is 336 g/mol. The van der Waals surface area contributed by atoms with E-state index in [4.69, 9.17) is 0 Å². The lowest BCUT2D eigenvalue weighted by Crippen LogP contribution is -2.45. The fourth-order valence-corrected chi connectivity index (χ4v) is 3.14. The molecule has 7 nitrogen and oxygen atoms in total. The van der Waals surface area contributed by atoms with Gasteiger partial charge in [-0.25, -0.2) is 4.79 Å². The second-order valence-electron chi connectivity index (χ2n) is 6.82. The number of rotatable bonds is 7. The summed E-state index contributed by atoms with van der Waals surface area (Å²) in [6, 6.07) is 1.83. The minimum Gasteiger partial charge on any atom is -0.395 e. The number of carbonyl (C=O) groups excluding carboxylic acids is 1. The molecule has 0 aliphatic carbocycles. The maximum absolute atomic E-state index is 12.2. The Labute approximate surface area is 142 Å². The fourth-order valence-electron chi connectivity index (χ4n) is 3.14. The Balaban J connectivity index is 1.90. The van der Waals surface area contributed by atoms with Gasteiger partial charge in [-0.05, 0) is 37.8 Å². The summed E-state index contributed by atoms with van der Waals surface area (Å²) < 4.78 is 0. The Morgan fingerprint density at radius 2 is 2.29 bits per heavy atom. The van der Waals surface area contributed by atoms with Crippen LogP contribution in [0.5, 0.6) is 0 Å². The van der Waals surface area contributed by atoms with Crippen LogP contribution in [0.3, 0.4) is 0 Å². The molecule has 1 amide bonds. The predicted molar refractivity (Wildman–Crippen MR) is 92.0 cm³/mol. The summed E-state index contributed by atoms with van der Waals surface area (Å²) in [5.74, 6) is 0.0529. The highest BCUT2D eigenvalue weighted by atomic mass is 16.3. The van der Waals surface area contributed by atoms with Crippen LogP contribution in [0.1, 0.15) is 49.3 Å². The van der Waals surface area contributed by atoms with E-state index in [2.05, 4.69) is 34.0 Å². The largest absolute Gasteiger partial charge is 0.395 e. The lowest BCUT2D eigenvalue weighted by atomic mass is 10.0. The summed E-state index contributed by atoms with van der Waals surface area (Å²) in [6.07, 6.45) is 3.96. The fraction of sp³-hybridized carbons (Fsp3) is 0.706. The molecule has 0 bridgehead atoms. The van der Waals surface area contributed by atoms with Crippen LogP contribution in [-0.4, -0.2) is 58.2 Å². The maximum Gasteiger partial charge on any atom is 0.345 e. The van der Waals surface area contributed by atoms with Gasteiger partial charge in [-0.15, -0.1) is 0 Å². The Hall–Kier alpha value is -1.73. The lowest BCUT2D eigenvalue weighted by Gasteiger charge is -2.34. The van der Waals surface area contributed by atoms with Crippen molar-refractivity contribution in [3.8, 4) is 0 Å². The van der Waals surface area contributed by atoms with Crippen molar-refractivity contribution in [1.82, 2.24) is 20.2 Å². The first-order chi connectivity index (χ1) is 11.5. The number of aliphatic hydroxyl groups excluding tert-OH is 1. The zero-order chi connectivity index (χ0) is 17.5. The van der Waals surface area contributed by atoms with Crippen LogP contribution >= 0.6 is 0 Å². The van der Waals surface area contributed by atoms with Gasteiger partial charge in [0.05, 0.1) is 6.61 Å². The molecule has 2 rings (SSSR count). The highest BCUT2D eigenvalue weighted by Gasteiger charge is 2.21. The number of aromatic amines is 1. The molecule has 1 aromatic heterocycles. The van der Waals surface area contributed by atoms with Crippen molar-refractivity contribution in [3.05, 3.63) is 27.9 Å². The number of piperidine rings is 1. The number of nitrogens with one attached hydrogen (secondary N) is 2. The molecule has 1 atom stereocenters. The molecule has 0 saturated carbocycles. The summed E-state index contributed by atoms with van der Waals surface area (Å²) >= 11 is 0. The van der Waals surface area contributed by atoms with Gasteiger partial charge in [-0.3, -0.25) is 9.69 Å². The molecule has 1 saturated heterocycles. The standard InChI is InChI=1S/C17H28N4O3/c1-12(2)9-13-10-15(20-17(24)19-13)16(23)18-6-8-21-7-4-3-5-14(21)11-22/h10,12,14,22H,3-9,11H2,1-2H3,(H,18,23)(H,19,20,24). The number of likely N-dealkylation sites (tertiary alicyclic amines) is 1. The lowest BCUT2D eigenvalue weighted by molar-refractivity contribution is 0.0846. The zero-order valence-electron chi connectivity index (χ0n) is 14.5. The molecule has 1 aromatic rings. The van der Waals surface area contributed by atoms with Gasteiger partial charge in [0, 0.05) is 24.8 Å². The Kier molecular flexibility index (Phi) is 6.93. The van der Waals surface area contributed by atoms with Gasteiger partial charge in [0.25, 0.3) is 5.91 Å². The second kappa shape index (κ2) is 8.94. The Morgan fingerprint density at radius 1 is 1.50 bits per heavy atom. The van der Waals surface area contributed by atoms with Crippen LogP contribution in [0.4, 0.5) is 0 Å². The quantitative estimate of drug-likeness (QED) is 0.675. The van der Waals surface area contributed by atoms with E-state index in [9.17, 15) is 14.7 Å². The smallest absolute Gasteiger partial charge is 0.345 e. The third kappa shape index (κ3) is 5.42. The van der Waals surface area contributed by atoms with Crippen molar-refractivity contribution < 1.29 is 9.90 Å². The molecule has 1 aliphatic rings. The van der Waals surface area contributed by atoms with Crippen molar-refractivity contribution in [2.75, 3.05) is 26.2 Å². The Morgan fingerprint density at radius 3 is 3.00 bits per heavy atom. The van der Waals surface area contributed by atoms with Crippen molar-refractivity contribution in [1.29, 1.82) is 0 Å². The molecular formula is C17H28N4O3. The summed E-state index contributed by atoms with van der Waals surface area (Å²) in [5.41, 5.74) is 0.396. The van der Waals surface area contributed by atoms with E-state index in [1.165, 1.54) is 0 Å². The minimum absolute atomic E-state index is 0.155. The predicted octanol–water partition coefficient (Wildman–Crippen LogP) is 0.545. The second-order valence-corrected chi connectivity index (χ2v) is 6.82. The first-order valence-electron chi connectivity index (χ1n) is 8.73. The molecule has 1 unspecified atom stereocenters. The topological polar surface area (TPSA) is 98.3 Å². The molecule has 1 aliphatic heterocycles. The van der Waals surface area contributed by atoms with Gasteiger partial charge in [-0.1, -0.05) is 20.3 Å².